The van der Waals surface area contributed by atoms with Gasteiger partial charge in [-0.15, -0.1) is 11.6 Å². The van der Waals surface area contributed by atoms with Gasteiger partial charge in [-0.1, -0.05) is 20.8 Å². The molecule has 0 heterocycles. The smallest absolute Gasteiger partial charge is 0.128 e. The van der Waals surface area contributed by atoms with Gasteiger partial charge in [-0.05, 0) is 30.0 Å². The van der Waals surface area contributed by atoms with E-state index in [1.165, 1.54) is 6.07 Å². The van der Waals surface area contributed by atoms with Crippen LogP contribution < -0.4 is 0 Å². The molecule has 0 N–H and O–H groups in total. The molecule has 0 spiro atoms. The first-order valence-corrected chi connectivity index (χ1v) is 5.46. The van der Waals surface area contributed by atoms with E-state index in [4.69, 9.17) is 11.6 Å². The van der Waals surface area contributed by atoms with Gasteiger partial charge < -0.3 is 0 Å². The third-order valence-corrected chi connectivity index (χ3v) is 3.40. The molecule has 1 aromatic carbocycles. The normalized spacial score (nSPS) is 15.4. The lowest BCUT2D eigenvalue weighted by Gasteiger charge is -2.22. The zero-order chi connectivity index (χ0) is 11.6. The summed E-state index contributed by atoms with van der Waals surface area (Å²) in [5.41, 5.74) is 0.248. The van der Waals surface area contributed by atoms with E-state index in [0.717, 1.165) is 12.1 Å². The lowest BCUT2D eigenvalue weighted by molar-refractivity contribution is 0.398. The zero-order valence-electron chi connectivity index (χ0n) is 9.10. The van der Waals surface area contributed by atoms with Crippen LogP contribution in [0.4, 0.5) is 8.78 Å². The summed E-state index contributed by atoms with van der Waals surface area (Å²) >= 11 is 6.12. The summed E-state index contributed by atoms with van der Waals surface area (Å²) in [6.45, 7) is 5.96. The van der Waals surface area contributed by atoms with E-state index < -0.39 is 17.0 Å². The SMILES string of the molecule is CC(C)C(C)C(Cl)c1cc(F)ccc1F. The van der Waals surface area contributed by atoms with E-state index in [1.807, 2.05) is 20.8 Å². The largest absolute Gasteiger partial charge is 0.207 e. The molecule has 0 aromatic heterocycles. The van der Waals surface area contributed by atoms with Crippen LogP contribution in [0.25, 0.3) is 0 Å². The van der Waals surface area contributed by atoms with Crippen LogP contribution in [0.1, 0.15) is 31.7 Å². The van der Waals surface area contributed by atoms with E-state index in [9.17, 15) is 8.78 Å². The number of hydrogen-bond acceptors (Lipinski definition) is 0. The second-order valence-corrected chi connectivity index (χ2v) is 4.64. The van der Waals surface area contributed by atoms with Gasteiger partial charge in [0.15, 0.2) is 0 Å². The molecule has 3 heteroatoms. The third kappa shape index (κ3) is 2.91. The highest BCUT2D eigenvalue weighted by Gasteiger charge is 2.22. The fourth-order valence-corrected chi connectivity index (χ4v) is 1.81. The van der Waals surface area contributed by atoms with Crippen LogP contribution in [0.2, 0.25) is 0 Å². The number of hydrogen-bond donors (Lipinski definition) is 0. The Morgan fingerprint density at radius 3 is 2.27 bits per heavy atom. The van der Waals surface area contributed by atoms with Crippen molar-refractivity contribution >= 4 is 11.6 Å². The Bertz CT molecular complexity index is 336. The fraction of sp³-hybridized carbons (Fsp3) is 0.500. The van der Waals surface area contributed by atoms with Crippen molar-refractivity contribution in [1.29, 1.82) is 0 Å². The maximum Gasteiger partial charge on any atom is 0.128 e. The summed E-state index contributed by atoms with van der Waals surface area (Å²) in [7, 11) is 0. The molecule has 84 valence electrons. The maximum atomic E-state index is 13.4. The third-order valence-electron chi connectivity index (χ3n) is 2.77. The Balaban J connectivity index is 2.99. The van der Waals surface area contributed by atoms with Crippen molar-refractivity contribution in [2.75, 3.05) is 0 Å². The molecule has 0 saturated carbocycles. The van der Waals surface area contributed by atoms with E-state index >= 15 is 0 Å². The Morgan fingerprint density at radius 1 is 1.13 bits per heavy atom. The molecule has 0 saturated heterocycles. The van der Waals surface area contributed by atoms with Crippen molar-refractivity contribution in [3.05, 3.63) is 35.4 Å². The molecular weight excluding hydrogens is 218 g/mol. The van der Waals surface area contributed by atoms with Gasteiger partial charge in [-0.25, -0.2) is 8.78 Å². The molecule has 1 aromatic rings. The molecule has 0 nitrogen and oxygen atoms in total. The predicted octanol–water partition coefficient (Wildman–Crippen LogP) is 4.54. The highest BCUT2D eigenvalue weighted by molar-refractivity contribution is 6.21. The Hall–Kier alpha value is -0.630. The standard InChI is InChI=1S/C12H15ClF2/c1-7(2)8(3)12(13)10-6-9(14)4-5-11(10)15/h4-8,12H,1-3H3. The summed E-state index contributed by atoms with van der Waals surface area (Å²) in [6.07, 6.45) is 0. The molecule has 0 radical (unpaired) electrons. The minimum Gasteiger partial charge on any atom is -0.207 e. The Morgan fingerprint density at radius 2 is 1.73 bits per heavy atom. The van der Waals surface area contributed by atoms with Gasteiger partial charge in [0, 0.05) is 5.56 Å². The highest BCUT2D eigenvalue weighted by Crippen LogP contribution is 2.34. The average molecular weight is 233 g/mol. The van der Waals surface area contributed by atoms with Gasteiger partial charge in [-0.3, -0.25) is 0 Å². The molecule has 0 aliphatic carbocycles. The molecule has 0 amide bonds. The first-order valence-electron chi connectivity index (χ1n) is 5.02. The van der Waals surface area contributed by atoms with Crippen molar-refractivity contribution in [3.63, 3.8) is 0 Å². The second-order valence-electron chi connectivity index (χ2n) is 4.17. The first-order chi connectivity index (χ1) is 6.93. The fourth-order valence-electron chi connectivity index (χ4n) is 1.35. The van der Waals surface area contributed by atoms with E-state index in [0.29, 0.717) is 5.92 Å². The average Bonchev–Trinajstić information content (AvgIpc) is 2.19. The summed E-state index contributed by atoms with van der Waals surface area (Å²) < 4.78 is 26.3. The van der Waals surface area contributed by atoms with E-state index in [-0.39, 0.29) is 11.5 Å². The molecule has 2 unspecified atom stereocenters. The van der Waals surface area contributed by atoms with Gasteiger partial charge >= 0.3 is 0 Å². The monoisotopic (exact) mass is 232 g/mol. The van der Waals surface area contributed by atoms with Gasteiger partial charge in [0.2, 0.25) is 0 Å². The predicted molar refractivity (Wildman–Crippen MR) is 59.0 cm³/mol. The number of benzene rings is 1. The molecule has 2 atom stereocenters. The molecule has 0 aliphatic heterocycles. The summed E-state index contributed by atoms with van der Waals surface area (Å²) in [5.74, 6) is -0.463. The van der Waals surface area contributed by atoms with Crippen LogP contribution in [-0.4, -0.2) is 0 Å². The molecule has 0 aliphatic rings. The Kier molecular flexibility index (Phi) is 4.09. The van der Waals surface area contributed by atoms with Crippen LogP contribution >= 0.6 is 11.6 Å². The van der Waals surface area contributed by atoms with Crippen LogP contribution in [-0.2, 0) is 0 Å². The number of alkyl halides is 1. The van der Waals surface area contributed by atoms with E-state index in [2.05, 4.69) is 0 Å². The first kappa shape index (κ1) is 12.4. The molecular formula is C12H15ClF2. The van der Waals surface area contributed by atoms with Crippen LogP contribution in [0, 0.1) is 23.5 Å². The highest BCUT2D eigenvalue weighted by atomic mass is 35.5. The van der Waals surface area contributed by atoms with Gasteiger partial charge in [0.1, 0.15) is 11.6 Å². The zero-order valence-corrected chi connectivity index (χ0v) is 9.85. The summed E-state index contributed by atoms with van der Waals surface area (Å²) in [4.78, 5) is 0. The van der Waals surface area contributed by atoms with Crippen molar-refractivity contribution in [1.82, 2.24) is 0 Å². The summed E-state index contributed by atoms with van der Waals surface area (Å²) in [5, 5.41) is -0.485. The molecule has 0 fully saturated rings. The van der Waals surface area contributed by atoms with Crippen molar-refractivity contribution in [2.24, 2.45) is 11.8 Å². The minimum absolute atomic E-state index is 0.1000. The topological polar surface area (TPSA) is 0 Å². The number of rotatable bonds is 3. The second kappa shape index (κ2) is 4.93. The van der Waals surface area contributed by atoms with Crippen molar-refractivity contribution in [3.8, 4) is 0 Å². The lowest BCUT2D eigenvalue weighted by atomic mass is 9.90. The van der Waals surface area contributed by atoms with Crippen LogP contribution in [0.15, 0.2) is 18.2 Å². The van der Waals surface area contributed by atoms with Crippen LogP contribution in [0.5, 0.6) is 0 Å². The molecule has 0 bridgehead atoms. The van der Waals surface area contributed by atoms with Crippen LogP contribution in [0.3, 0.4) is 0 Å². The van der Waals surface area contributed by atoms with Crippen molar-refractivity contribution < 1.29 is 8.78 Å². The van der Waals surface area contributed by atoms with E-state index in [1.54, 1.807) is 0 Å². The minimum atomic E-state index is -0.485. The lowest BCUT2D eigenvalue weighted by Crippen LogP contribution is -2.12. The molecule has 1 rings (SSSR count). The van der Waals surface area contributed by atoms with Gasteiger partial charge in [0.25, 0.3) is 0 Å². The van der Waals surface area contributed by atoms with Crippen molar-refractivity contribution in [2.45, 2.75) is 26.1 Å². The number of halogens is 3. The van der Waals surface area contributed by atoms with Gasteiger partial charge in [-0.2, -0.15) is 0 Å². The summed E-state index contributed by atoms with van der Waals surface area (Å²) in [6, 6.07) is 3.39. The van der Waals surface area contributed by atoms with Gasteiger partial charge in [0.05, 0.1) is 5.38 Å². The molecule has 15 heavy (non-hydrogen) atoms. The quantitative estimate of drug-likeness (QED) is 0.672. The Labute approximate surface area is 94.3 Å². The maximum absolute atomic E-state index is 13.4.